The Morgan fingerprint density at radius 3 is 2.67 bits per heavy atom. The Labute approximate surface area is 195 Å². The molecule has 5 rings (SSSR count). The number of methoxy groups -OCH3 is 1. The number of carbonyl (C=O) groups is 3. The lowest BCUT2D eigenvalue weighted by Gasteiger charge is -2.56. The molecule has 2 amide bonds. The van der Waals surface area contributed by atoms with Crippen molar-refractivity contribution in [2.75, 3.05) is 31.7 Å². The molecule has 0 N–H and O–H groups in total. The predicted molar refractivity (Wildman–Crippen MR) is 123 cm³/mol. The fraction of sp³-hybridized carbons (Fsp3) is 0.654. The molecule has 2 heterocycles. The van der Waals surface area contributed by atoms with Crippen molar-refractivity contribution in [2.24, 2.45) is 23.2 Å². The molecule has 7 heteroatoms. The first-order chi connectivity index (χ1) is 15.9. The molecule has 33 heavy (non-hydrogen) atoms. The van der Waals surface area contributed by atoms with Gasteiger partial charge < -0.3 is 9.47 Å². The maximum atomic E-state index is 13.3. The van der Waals surface area contributed by atoms with E-state index in [1.165, 1.54) is 6.42 Å². The van der Waals surface area contributed by atoms with Gasteiger partial charge in [-0.1, -0.05) is 26.0 Å². The third-order valence-corrected chi connectivity index (χ3v) is 8.75. The zero-order valence-corrected chi connectivity index (χ0v) is 19.8. The van der Waals surface area contributed by atoms with Gasteiger partial charge in [-0.3, -0.25) is 14.5 Å². The van der Waals surface area contributed by atoms with Crippen LogP contribution in [0.2, 0.25) is 0 Å². The standard InChI is InChI=1S/C26H34N2O5/c1-4-27-14-26(12-11-21(32-3)23-18(26)9-10-20(23)27)15-33-25(31)17-7-5-6-8-19(17)28-22(29)13-16(2)24(28)30/h5-8,16,18,20-21,23H,4,9-15H2,1-3H3/t16-,18-,20+,21-,23-,26-/m1/s1. The van der Waals surface area contributed by atoms with Crippen LogP contribution in [0.1, 0.15) is 56.3 Å². The highest BCUT2D eigenvalue weighted by molar-refractivity contribution is 6.22. The van der Waals surface area contributed by atoms with Crippen molar-refractivity contribution in [3.8, 4) is 0 Å². The quantitative estimate of drug-likeness (QED) is 0.485. The van der Waals surface area contributed by atoms with Crippen molar-refractivity contribution in [3.63, 3.8) is 0 Å². The van der Waals surface area contributed by atoms with Crippen LogP contribution in [0.5, 0.6) is 0 Å². The van der Waals surface area contributed by atoms with Gasteiger partial charge in [0.1, 0.15) is 0 Å². The van der Waals surface area contributed by atoms with Gasteiger partial charge >= 0.3 is 5.97 Å². The first-order valence-corrected chi connectivity index (χ1v) is 12.3. The van der Waals surface area contributed by atoms with Gasteiger partial charge in [0.15, 0.2) is 0 Å². The predicted octanol–water partition coefficient (Wildman–Crippen LogP) is 3.27. The Balaban J connectivity index is 1.38. The number of anilines is 1. The lowest BCUT2D eigenvalue weighted by atomic mass is 9.59. The minimum absolute atomic E-state index is 0.0683. The number of esters is 1. The van der Waals surface area contributed by atoms with Crippen molar-refractivity contribution in [1.82, 2.24) is 4.90 Å². The second-order valence-electron chi connectivity index (χ2n) is 10.3. The van der Waals surface area contributed by atoms with E-state index in [1.54, 1.807) is 31.2 Å². The number of imide groups is 1. The van der Waals surface area contributed by atoms with E-state index in [0.717, 1.165) is 37.3 Å². The van der Waals surface area contributed by atoms with Crippen LogP contribution in [0.4, 0.5) is 5.69 Å². The topological polar surface area (TPSA) is 76.2 Å². The molecule has 2 aliphatic heterocycles. The summed E-state index contributed by atoms with van der Waals surface area (Å²) in [5.74, 6) is -0.378. The Morgan fingerprint density at radius 1 is 1.18 bits per heavy atom. The number of ether oxygens (including phenoxy) is 2. The van der Waals surface area contributed by atoms with E-state index in [4.69, 9.17) is 9.47 Å². The molecular formula is C26H34N2O5. The number of carbonyl (C=O) groups excluding carboxylic acids is 3. The number of rotatable bonds is 6. The van der Waals surface area contributed by atoms with E-state index < -0.39 is 5.97 Å². The van der Waals surface area contributed by atoms with Crippen LogP contribution in [0.15, 0.2) is 24.3 Å². The molecule has 1 aromatic carbocycles. The summed E-state index contributed by atoms with van der Waals surface area (Å²) in [6, 6.07) is 7.35. The highest BCUT2D eigenvalue weighted by atomic mass is 16.5. The van der Waals surface area contributed by atoms with Gasteiger partial charge in [0, 0.05) is 43.4 Å². The molecule has 1 aromatic rings. The van der Waals surface area contributed by atoms with Crippen LogP contribution < -0.4 is 4.90 Å². The molecule has 0 spiro atoms. The fourth-order valence-corrected chi connectivity index (χ4v) is 7.19. The zero-order valence-electron chi connectivity index (χ0n) is 19.8. The SMILES string of the molecule is CCN1C[C@@]2(COC(=O)c3ccccc3N3C(=O)C[C@@H](C)C3=O)CC[C@@H](OC)[C@@H]3[C@H]2CC[C@@H]31. The molecule has 2 aliphatic carbocycles. The van der Waals surface area contributed by atoms with E-state index >= 15 is 0 Å². The summed E-state index contributed by atoms with van der Waals surface area (Å²) in [6.45, 7) is 6.24. The van der Waals surface area contributed by atoms with Crippen LogP contribution >= 0.6 is 0 Å². The van der Waals surface area contributed by atoms with Crippen LogP contribution in [0.25, 0.3) is 0 Å². The smallest absolute Gasteiger partial charge is 0.340 e. The number of amides is 2. The number of hydrogen-bond acceptors (Lipinski definition) is 6. The van der Waals surface area contributed by atoms with Gasteiger partial charge in [0.2, 0.25) is 11.8 Å². The van der Waals surface area contributed by atoms with Crippen molar-refractivity contribution >= 4 is 23.5 Å². The third kappa shape index (κ3) is 3.51. The van der Waals surface area contributed by atoms with Gasteiger partial charge in [0.25, 0.3) is 0 Å². The molecule has 0 aromatic heterocycles. The fourth-order valence-electron chi connectivity index (χ4n) is 7.19. The van der Waals surface area contributed by atoms with E-state index in [1.807, 2.05) is 7.11 Å². The van der Waals surface area contributed by atoms with Gasteiger partial charge in [-0.2, -0.15) is 0 Å². The maximum absolute atomic E-state index is 13.3. The van der Waals surface area contributed by atoms with Gasteiger partial charge in [-0.05, 0) is 50.3 Å². The lowest BCUT2D eigenvalue weighted by molar-refractivity contribution is -0.140. The molecule has 0 unspecified atom stereocenters. The Kier molecular flexibility index (Phi) is 5.81. The molecule has 2 saturated heterocycles. The number of hydrogen-bond donors (Lipinski definition) is 0. The van der Waals surface area contributed by atoms with Crippen molar-refractivity contribution in [3.05, 3.63) is 29.8 Å². The van der Waals surface area contributed by atoms with Crippen LogP contribution in [0, 0.1) is 23.2 Å². The van der Waals surface area contributed by atoms with E-state index in [-0.39, 0.29) is 41.2 Å². The van der Waals surface area contributed by atoms with E-state index in [2.05, 4.69) is 11.8 Å². The summed E-state index contributed by atoms with van der Waals surface area (Å²) in [5, 5.41) is 0. The lowest BCUT2D eigenvalue weighted by Crippen LogP contribution is -2.62. The average Bonchev–Trinajstić information content (AvgIpc) is 3.31. The zero-order chi connectivity index (χ0) is 23.3. The highest BCUT2D eigenvalue weighted by Gasteiger charge is 2.60. The monoisotopic (exact) mass is 454 g/mol. The van der Waals surface area contributed by atoms with Crippen molar-refractivity contribution in [2.45, 2.75) is 58.1 Å². The Hall–Kier alpha value is -2.25. The van der Waals surface area contributed by atoms with Crippen LogP contribution in [-0.2, 0) is 19.1 Å². The number of nitrogens with zero attached hydrogens (tertiary/aromatic N) is 2. The minimum atomic E-state index is -0.464. The molecule has 178 valence electrons. The molecule has 4 aliphatic rings. The number of likely N-dealkylation sites (tertiary alicyclic amines) is 1. The summed E-state index contributed by atoms with van der Waals surface area (Å²) in [7, 11) is 1.82. The summed E-state index contributed by atoms with van der Waals surface area (Å²) in [5.41, 5.74) is 0.542. The Morgan fingerprint density at radius 2 is 1.97 bits per heavy atom. The normalized spacial score (nSPS) is 35.8. The van der Waals surface area contributed by atoms with Crippen molar-refractivity contribution < 1.29 is 23.9 Å². The van der Waals surface area contributed by atoms with Gasteiger partial charge in [-0.15, -0.1) is 0 Å². The highest BCUT2D eigenvalue weighted by Crippen LogP contribution is 2.58. The molecular weight excluding hydrogens is 420 g/mol. The summed E-state index contributed by atoms with van der Waals surface area (Å²) < 4.78 is 11.9. The summed E-state index contributed by atoms with van der Waals surface area (Å²) >= 11 is 0. The van der Waals surface area contributed by atoms with Gasteiger partial charge in [0.05, 0.1) is 24.0 Å². The molecule has 4 fully saturated rings. The van der Waals surface area contributed by atoms with Crippen LogP contribution in [-0.4, -0.2) is 61.6 Å². The average molecular weight is 455 g/mol. The number of para-hydroxylation sites is 1. The van der Waals surface area contributed by atoms with E-state index in [9.17, 15) is 14.4 Å². The number of benzene rings is 1. The first-order valence-electron chi connectivity index (χ1n) is 12.3. The largest absolute Gasteiger partial charge is 0.461 e. The molecule has 4 bridgehead atoms. The molecule has 6 atom stereocenters. The minimum Gasteiger partial charge on any atom is -0.461 e. The second kappa shape index (κ2) is 8.51. The maximum Gasteiger partial charge on any atom is 0.340 e. The first kappa shape index (κ1) is 22.5. The molecule has 2 saturated carbocycles. The molecule has 0 radical (unpaired) electrons. The summed E-state index contributed by atoms with van der Waals surface area (Å²) in [6.07, 6.45) is 4.74. The second-order valence-corrected chi connectivity index (χ2v) is 10.3. The molecule has 7 nitrogen and oxygen atoms in total. The van der Waals surface area contributed by atoms with Gasteiger partial charge in [-0.25, -0.2) is 9.69 Å². The summed E-state index contributed by atoms with van der Waals surface area (Å²) in [4.78, 5) is 42.1. The number of piperidine rings is 1. The van der Waals surface area contributed by atoms with Crippen LogP contribution in [0.3, 0.4) is 0 Å². The Bertz CT molecular complexity index is 964. The van der Waals surface area contributed by atoms with E-state index in [0.29, 0.717) is 30.2 Å². The van der Waals surface area contributed by atoms with Crippen molar-refractivity contribution in [1.29, 1.82) is 0 Å². The third-order valence-electron chi connectivity index (χ3n) is 8.75.